The van der Waals surface area contributed by atoms with Crippen LogP contribution in [0.5, 0.6) is 0 Å². The lowest BCUT2D eigenvalue weighted by Gasteiger charge is -2.12. The van der Waals surface area contributed by atoms with E-state index in [-0.39, 0.29) is 0 Å². The number of rotatable bonds is 4. The molecule has 9 aromatic carbocycles. The Bertz CT molecular complexity index is 3540. The van der Waals surface area contributed by atoms with Crippen LogP contribution in [0.4, 0.5) is 0 Å². The van der Waals surface area contributed by atoms with Crippen molar-refractivity contribution in [3.8, 4) is 39.9 Å². The van der Waals surface area contributed by atoms with Gasteiger partial charge in [0.1, 0.15) is 11.2 Å². The summed E-state index contributed by atoms with van der Waals surface area (Å²) in [4.78, 5) is 15.7. The number of hydrogen-bond donors (Lipinski definition) is 0. The molecule has 5 nitrogen and oxygen atoms in total. The van der Waals surface area contributed by atoms with Crippen LogP contribution in [-0.2, 0) is 0 Å². The fourth-order valence-corrected chi connectivity index (χ4v) is 8.46. The third-order valence-electron chi connectivity index (χ3n) is 11.2. The average molecular weight is 715 g/mol. The second kappa shape index (κ2) is 11.9. The monoisotopic (exact) mass is 714 g/mol. The zero-order valence-corrected chi connectivity index (χ0v) is 30.0. The molecular formula is C51H30N4O. The predicted octanol–water partition coefficient (Wildman–Crippen LogP) is 13.3. The van der Waals surface area contributed by atoms with E-state index in [4.69, 9.17) is 19.4 Å². The summed E-state index contributed by atoms with van der Waals surface area (Å²) in [6.07, 6.45) is 0. The van der Waals surface area contributed by atoms with E-state index < -0.39 is 0 Å². The first kappa shape index (κ1) is 30.8. The maximum absolute atomic E-state index is 6.37. The van der Waals surface area contributed by atoms with Crippen molar-refractivity contribution >= 4 is 76.1 Å². The van der Waals surface area contributed by atoms with Crippen molar-refractivity contribution in [1.29, 1.82) is 0 Å². The highest BCUT2D eigenvalue weighted by atomic mass is 16.3. The summed E-state index contributed by atoms with van der Waals surface area (Å²) in [5.74, 6) is 1.76. The van der Waals surface area contributed by atoms with Crippen LogP contribution < -0.4 is 0 Å². The molecule has 260 valence electrons. The average Bonchev–Trinajstić information content (AvgIpc) is 3.80. The smallest absolute Gasteiger partial charge is 0.238 e. The highest BCUT2D eigenvalue weighted by molar-refractivity contribution is 6.21. The minimum absolute atomic E-state index is 0.563. The first-order valence-corrected chi connectivity index (χ1v) is 18.8. The minimum atomic E-state index is 0.563. The Kier molecular flexibility index (Phi) is 6.56. The number of hydrogen-bond acceptors (Lipinski definition) is 4. The van der Waals surface area contributed by atoms with Crippen LogP contribution in [0.2, 0.25) is 0 Å². The van der Waals surface area contributed by atoms with Gasteiger partial charge in [0.15, 0.2) is 11.6 Å². The number of fused-ring (bicyclic) bond motifs is 10. The SMILES string of the molecule is c1ccc2cc(-c3ccc(-c4nc(-c5ccc6oc7cc8ccccc8cc7c6c5)nc(-n5c6ccccc6c6c7ccccc7ccc65)n4)cc3)ccc2c1. The lowest BCUT2D eigenvalue weighted by Crippen LogP contribution is -2.06. The van der Waals surface area contributed by atoms with Gasteiger partial charge in [0.2, 0.25) is 5.95 Å². The molecule has 0 aliphatic heterocycles. The van der Waals surface area contributed by atoms with Crippen LogP contribution in [0.15, 0.2) is 186 Å². The Hall–Kier alpha value is -7.63. The number of nitrogens with zero attached hydrogens (tertiary/aromatic N) is 4. The molecule has 0 saturated carbocycles. The molecule has 0 N–H and O–H groups in total. The van der Waals surface area contributed by atoms with E-state index in [1.807, 2.05) is 6.07 Å². The molecule has 0 atom stereocenters. The molecule has 12 aromatic rings. The molecule has 0 amide bonds. The first-order chi connectivity index (χ1) is 27.7. The van der Waals surface area contributed by atoms with Crippen molar-refractivity contribution < 1.29 is 4.42 Å². The second-order valence-corrected chi connectivity index (χ2v) is 14.5. The van der Waals surface area contributed by atoms with E-state index in [0.717, 1.165) is 60.4 Å². The Morgan fingerprint density at radius 2 is 0.929 bits per heavy atom. The van der Waals surface area contributed by atoms with Gasteiger partial charge in [-0.3, -0.25) is 4.57 Å². The number of furan rings is 1. The van der Waals surface area contributed by atoms with Gasteiger partial charge in [-0.25, -0.2) is 4.98 Å². The van der Waals surface area contributed by atoms with Crippen LogP contribution in [0, 0.1) is 0 Å². The molecule has 5 heteroatoms. The molecule has 0 fully saturated rings. The third-order valence-corrected chi connectivity index (χ3v) is 11.2. The van der Waals surface area contributed by atoms with Crippen molar-refractivity contribution in [2.75, 3.05) is 0 Å². The van der Waals surface area contributed by atoms with Gasteiger partial charge in [-0.15, -0.1) is 0 Å². The summed E-state index contributed by atoms with van der Waals surface area (Å²) in [5.41, 5.74) is 7.86. The van der Waals surface area contributed by atoms with Crippen LogP contribution in [0.1, 0.15) is 0 Å². The Labute approximate surface area is 320 Å². The Balaban J connectivity index is 1.08. The standard InChI is InChI=1S/C51H30N4O/c1-2-11-35-27-38(22-19-31(35)9-1)32-17-20-34(21-18-32)49-52-50(39-24-26-46-42(29-39)43-28-36-12-3-4-13-37(36)30-47(43)56-46)54-51(53-49)55-44-16-8-7-15-41(44)48-40-14-6-5-10-33(40)23-25-45(48)55/h1-30H. The van der Waals surface area contributed by atoms with Crippen molar-refractivity contribution in [3.05, 3.63) is 182 Å². The van der Waals surface area contributed by atoms with E-state index in [1.54, 1.807) is 0 Å². The van der Waals surface area contributed by atoms with Crippen molar-refractivity contribution in [3.63, 3.8) is 0 Å². The summed E-state index contributed by atoms with van der Waals surface area (Å²) < 4.78 is 8.56. The molecule has 0 aliphatic carbocycles. The highest BCUT2D eigenvalue weighted by Crippen LogP contribution is 2.38. The van der Waals surface area contributed by atoms with E-state index in [0.29, 0.717) is 17.6 Å². The predicted molar refractivity (Wildman–Crippen MR) is 230 cm³/mol. The van der Waals surface area contributed by atoms with Crippen molar-refractivity contribution in [2.24, 2.45) is 0 Å². The van der Waals surface area contributed by atoms with Gasteiger partial charge in [-0.05, 0) is 92.0 Å². The minimum Gasteiger partial charge on any atom is -0.456 e. The van der Waals surface area contributed by atoms with Gasteiger partial charge < -0.3 is 4.42 Å². The van der Waals surface area contributed by atoms with E-state index in [1.165, 1.54) is 37.9 Å². The fraction of sp³-hybridized carbons (Fsp3) is 0. The quantitative estimate of drug-likeness (QED) is 0.182. The second-order valence-electron chi connectivity index (χ2n) is 14.5. The topological polar surface area (TPSA) is 56.7 Å². The van der Waals surface area contributed by atoms with Crippen LogP contribution in [-0.4, -0.2) is 19.5 Å². The fourth-order valence-electron chi connectivity index (χ4n) is 8.46. The highest BCUT2D eigenvalue weighted by Gasteiger charge is 2.20. The Morgan fingerprint density at radius 3 is 1.75 bits per heavy atom. The molecule has 0 radical (unpaired) electrons. The molecule has 3 aromatic heterocycles. The van der Waals surface area contributed by atoms with Crippen molar-refractivity contribution in [1.82, 2.24) is 19.5 Å². The van der Waals surface area contributed by atoms with Gasteiger partial charge in [0, 0.05) is 32.7 Å². The number of para-hydroxylation sites is 1. The zero-order chi connectivity index (χ0) is 36.7. The molecule has 0 aliphatic rings. The van der Waals surface area contributed by atoms with Crippen LogP contribution in [0.3, 0.4) is 0 Å². The van der Waals surface area contributed by atoms with Gasteiger partial charge in [-0.2, -0.15) is 9.97 Å². The summed E-state index contributed by atoms with van der Waals surface area (Å²) in [5, 5.41) is 11.6. The Morgan fingerprint density at radius 1 is 0.339 bits per heavy atom. The molecule has 0 saturated heterocycles. The lowest BCUT2D eigenvalue weighted by atomic mass is 10.00. The largest absolute Gasteiger partial charge is 0.456 e. The van der Waals surface area contributed by atoms with Gasteiger partial charge in [-0.1, -0.05) is 133 Å². The molecule has 0 bridgehead atoms. The molecule has 12 rings (SSSR count). The summed E-state index contributed by atoms with van der Waals surface area (Å²) in [7, 11) is 0. The maximum Gasteiger partial charge on any atom is 0.238 e. The summed E-state index contributed by atoms with van der Waals surface area (Å²) >= 11 is 0. The molecule has 56 heavy (non-hydrogen) atoms. The summed E-state index contributed by atoms with van der Waals surface area (Å²) in [6.45, 7) is 0. The van der Waals surface area contributed by atoms with Crippen LogP contribution in [0.25, 0.3) is 116 Å². The maximum atomic E-state index is 6.37. The van der Waals surface area contributed by atoms with Crippen LogP contribution >= 0.6 is 0 Å². The van der Waals surface area contributed by atoms with Gasteiger partial charge >= 0.3 is 0 Å². The zero-order valence-electron chi connectivity index (χ0n) is 30.0. The lowest BCUT2D eigenvalue weighted by molar-refractivity contribution is 0.669. The number of aromatic nitrogens is 4. The molecule has 0 spiro atoms. The molecule has 3 heterocycles. The van der Waals surface area contributed by atoms with Gasteiger partial charge in [0.25, 0.3) is 0 Å². The molecular weight excluding hydrogens is 685 g/mol. The normalized spacial score (nSPS) is 11.9. The van der Waals surface area contributed by atoms with Gasteiger partial charge in [0.05, 0.1) is 11.0 Å². The van der Waals surface area contributed by atoms with E-state index in [2.05, 4.69) is 180 Å². The van der Waals surface area contributed by atoms with E-state index >= 15 is 0 Å². The molecule has 0 unspecified atom stereocenters. The number of benzene rings is 9. The van der Waals surface area contributed by atoms with Crippen molar-refractivity contribution in [2.45, 2.75) is 0 Å². The summed E-state index contributed by atoms with van der Waals surface area (Å²) in [6, 6.07) is 64.0. The van der Waals surface area contributed by atoms with E-state index in [9.17, 15) is 0 Å². The third kappa shape index (κ3) is 4.78. The first-order valence-electron chi connectivity index (χ1n) is 18.8.